The minimum Gasteiger partial charge on any atom is -0.465 e. The van der Waals surface area contributed by atoms with Crippen LogP contribution in [0.25, 0.3) is 0 Å². The molecule has 4 aliphatic carbocycles. The molecule has 0 saturated heterocycles. The molecule has 0 aromatic carbocycles. The van der Waals surface area contributed by atoms with Crippen LogP contribution in [-0.4, -0.2) is 18.4 Å². The third kappa shape index (κ3) is 2.31. The summed E-state index contributed by atoms with van der Waals surface area (Å²) in [5.74, 6) is 2.03. The van der Waals surface area contributed by atoms with Crippen LogP contribution in [-0.2, 0) is 14.3 Å². The van der Waals surface area contributed by atoms with Crippen LogP contribution >= 0.6 is 0 Å². The maximum absolute atomic E-state index is 12.0. The number of allylic oxidation sites excluding steroid dienone is 3. The number of esters is 1. The quantitative estimate of drug-likeness (QED) is 0.563. The summed E-state index contributed by atoms with van der Waals surface area (Å²) in [6, 6.07) is 0. The number of hydrogen-bond donors (Lipinski definition) is 0. The number of ketones is 1. The normalized spacial score (nSPS) is 43.5. The van der Waals surface area contributed by atoms with Crippen molar-refractivity contribution in [1.29, 1.82) is 0 Å². The lowest BCUT2D eigenvalue weighted by Crippen LogP contribution is -2.52. The number of rotatable bonds is 2. The number of carbonyl (C=O) groups excluding carboxylic acids is 2. The molecule has 0 radical (unpaired) electrons. The van der Waals surface area contributed by atoms with E-state index < -0.39 is 0 Å². The zero-order chi connectivity index (χ0) is 16.9. The van der Waals surface area contributed by atoms with E-state index in [1.165, 1.54) is 38.2 Å². The molecule has 2 fully saturated rings. The summed E-state index contributed by atoms with van der Waals surface area (Å²) in [5, 5.41) is 0. The summed E-state index contributed by atoms with van der Waals surface area (Å²) in [6.07, 6.45) is 14.0. The minimum absolute atomic E-state index is 0.0770. The molecule has 0 N–H and O–H groups in total. The van der Waals surface area contributed by atoms with Gasteiger partial charge in [-0.3, -0.25) is 9.59 Å². The highest BCUT2D eigenvalue weighted by atomic mass is 16.5. The molecule has 5 atom stereocenters. The second-order valence-electron chi connectivity index (χ2n) is 8.67. The van der Waals surface area contributed by atoms with E-state index in [-0.39, 0.29) is 17.2 Å². The predicted octanol–water partition coefficient (Wildman–Crippen LogP) is 4.23. The van der Waals surface area contributed by atoms with Gasteiger partial charge in [-0.1, -0.05) is 24.6 Å². The number of fused-ring (bicyclic) bond motifs is 5. The first-order chi connectivity index (χ1) is 11.4. The van der Waals surface area contributed by atoms with E-state index in [0.717, 1.165) is 18.8 Å². The van der Waals surface area contributed by atoms with Crippen molar-refractivity contribution >= 4 is 11.8 Å². The van der Waals surface area contributed by atoms with E-state index in [1.54, 1.807) is 0 Å². The largest absolute Gasteiger partial charge is 0.465 e. The highest BCUT2D eigenvalue weighted by Crippen LogP contribution is 2.63. The van der Waals surface area contributed by atoms with E-state index in [0.29, 0.717) is 30.3 Å². The number of ether oxygens (including phenoxy) is 1. The Morgan fingerprint density at radius 1 is 1.25 bits per heavy atom. The Bertz CT molecular complexity index is 631. The van der Waals surface area contributed by atoms with Crippen LogP contribution in [0.4, 0.5) is 0 Å². The number of hydrogen-bond acceptors (Lipinski definition) is 3. The third-order valence-corrected chi connectivity index (χ3v) is 7.55. The Morgan fingerprint density at radius 3 is 2.88 bits per heavy atom. The summed E-state index contributed by atoms with van der Waals surface area (Å²) >= 11 is 0. The highest BCUT2D eigenvalue weighted by Gasteiger charge is 2.57. The fraction of sp³-hybridized carbons (Fsp3) is 0.714. The molecule has 0 aromatic heterocycles. The van der Waals surface area contributed by atoms with Crippen molar-refractivity contribution in [2.24, 2.45) is 28.6 Å². The molecule has 3 heteroatoms. The molecule has 4 aliphatic rings. The van der Waals surface area contributed by atoms with E-state index in [9.17, 15) is 9.59 Å². The Balaban J connectivity index is 1.70. The second kappa shape index (κ2) is 5.57. The Kier molecular flexibility index (Phi) is 3.74. The van der Waals surface area contributed by atoms with Gasteiger partial charge >= 0.3 is 5.97 Å². The SMILES string of the molecule is CC(=O)OC[C@]12CCC(=O)C=C1CC[C@@H]1[C@@H]2CC[C@]2(C)C=CC[C@@H]12. The summed E-state index contributed by atoms with van der Waals surface area (Å²) < 4.78 is 5.56. The Hall–Kier alpha value is -1.38. The molecule has 0 aliphatic heterocycles. The van der Waals surface area contributed by atoms with Crippen molar-refractivity contribution in [3.63, 3.8) is 0 Å². The van der Waals surface area contributed by atoms with Gasteiger partial charge in [-0.2, -0.15) is 0 Å². The molecule has 0 bridgehead atoms. The zero-order valence-electron chi connectivity index (χ0n) is 14.8. The van der Waals surface area contributed by atoms with E-state index in [2.05, 4.69) is 19.1 Å². The molecular weight excluding hydrogens is 300 g/mol. The smallest absolute Gasteiger partial charge is 0.302 e. The molecule has 4 rings (SSSR count). The minimum atomic E-state index is -0.203. The molecule has 3 nitrogen and oxygen atoms in total. The molecule has 130 valence electrons. The molecule has 24 heavy (non-hydrogen) atoms. The number of carbonyl (C=O) groups is 2. The molecule has 2 saturated carbocycles. The fourth-order valence-electron chi connectivity index (χ4n) is 6.34. The monoisotopic (exact) mass is 328 g/mol. The summed E-state index contributed by atoms with van der Waals surface area (Å²) in [7, 11) is 0. The fourth-order valence-corrected chi connectivity index (χ4v) is 6.34. The Labute approximate surface area is 144 Å². The summed E-state index contributed by atoms with van der Waals surface area (Å²) in [6.45, 7) is 4.39. The topological polar surface area (TPSA) is 43.4 Å². The molecule has 0 amide bonds. The Morgan fingerprint density at radius 2 is 2.08 bits per heavy atom. The van der Waals surface area contributed by atoms with Gasteiger partial charge in [0.05, 0.1) is 0 Å². The van der Waals surface area contributed by atoms with Crippen molar-refractivity contribution in [3.05, 3.63) is 23.8 Å². The van der Waals surface area contributed by atoms with E-state index in [1.807, 2.05) is 6.08 Å². The zero-order valence-corrected chi connectivity index (χ0v) is 14.8. The van der Waals surface area contributed by atoms with Crippen LogP contribution in [0.3, 0.4) is 0 Å². The standard InChI is InChI=1S/C21H28O3/c1-14(22)24-13-21-11-7-16(23)12-15(21)5-6-17-18-4-3-9-20(18,2)10-8-19(17)21/h3,9,12,17-19H,4-8,10-11,13H2,1-2H3/t17-,18-,19-,20-,21+/m0/s1. The molecule has 0 spiro atoms. The molecular formula is C21H28O3. The van der Waals surface area contributed by atoms with Crippen molar-refractivity contribution in [3.8, 4) is 0 Å². The average molecular weight is 328 g/mol. The molecule has 0 heterocycles. The van der Waals surface area contributed by atoms with Gasteiger partial charge < -0.3 is 4.74 Å². The summed E-state index contributed by atoms with van der Waals surface area (Å²) in [5.41, 5.74) is 1.55. The lowest BCUT2D eigenvalue weighted by molar-refractivity contribution is -0.149. The lowest BCUT2D eigenvalue weighted by atomic mass is 9.47. The van der Waals surface area contributed by atoms with Crippen molar-refractivity contribution in [2.45, 2.75) is 58.8 Å². The van der Waals surface area contributed by atoms with Gasteiger partial charge in [-0.15, -0.1) is 0 Å². The first-order valence-electron chi connectivity index (χ1n) is 9.50. The van der Waals surface area contributed by atoms with Gasteiger partial charge in [0, 0.05) is 18.8 Å². The second-order valence-corrected chi connectivity index (χ2v) is 8.67. The lowest BCUT2D eigenvalue weighted by Gasteiger charge is -2.57. The molecule has 0 unspecified atom stereocenters. The van der Waals surface area contributed by atoms with Crippen molar-refractivity contribution in [2.75, 3.05) is 6.61 Å². The van der Waals surface area contributed by atoms with Crippen LogP contribution in [0.1, 0.15) is 58.8 Å². The first kappa shape index (κ1) is 16.1. The van der Waals surface area contributed by atoms with Crippen LogP contribution in [0.5, 0.6) is 0 Å². The van der Waals surface area contributed by atoms with Gasteiger partial charge in [-0.25, -0.2) is 0 Å². The van der Waals surface area contributed by atoms with Crippen molar-refractivity contribution in [1.82, 2.24) is 0 Å². The van der Waals surface area contributed by atoms with Crippen molar-refractivity contribution < 1.29 is 14.3 Å². The maximum atomic E-state index is 12.0. The van der Waals surface area contributed by atoms with Crippen LogP contribution in [0.2, 0.25) is 0 Å². The first-order valence-corrected chi connectivity index (χ1v) is 9.50. The molecule has 0 aromatic rings. The van der Waals surface area contributed by atoms with Crippen LogP contribution < -0.4 is 0 Å². The van der Waals surface area contributed by atoms with Gasteiger partial charge in [-0.05, 0) is 67.8 Å². The van der Waals surface area contributed by atoms with Gasteiger partial charge in [0.1, 0.15) is 6.61 Å². The average Bonchev–Trinajstić information content (AvgIpc) is 2.94. The maximum Gasteiger partial charge on any atom is 0.302 e. The van der Waals surface area contributed by atoms with E-state index in [4.69, 9.17) is 4.74 Å². The van der Waals surface area contributed by atoms with Gasteiger partial charge in [0.2, 0.25) is 0 Å². The van der Waals surface area contributed by atoms with Crippen LogP contribution in [0.15, 0.2) is 23.8 Å². The van der Waals surface area contributed by atoms with E-state index >= 15 is 0 Å². The predicted molar refractivity (Wildman–Crippen MR) is 92.2 cm³/mol. The summed E-state index contributed by atoms with van der Waals surface area (Å²) in [4.78, 5) is 23.5. The van der Waals surface area contributed by atoms with Gasteiger partial charge in [0.15, 0.2) is 5.78 Å². The third-order valence-electron chi connectivity index (χ3n) is 7.55. The van der Waals surface area contributed by atoms with Crippen LogP contribution in [0, 0.1) is 28.6 Å². The van der Waals surface area contributed by atoms with Gasteiger partial charge in [0.25, 0.3) is 0 Å². The highest BCUT2D eigenvalue weighted by molar-refractivity contribution is 5.91.